The van der Waals surface area contributed by atoms with E-state index in [9.17, 15) is 34.2 Å². The van der Waals surface area contributed by atoms with Crippen LogP contribution in [-0.2, 0) is 24.0 Å². The third-order valence-corrected chi connectivity index (χ3v) is 5.18. The fraction of sp³-hybridized carbons (Fsp3) is 0.700. The van der Waals surface area contributed by atoms with E-state index >= 15 is 0 Å². The van der Waals surface area contributed by atoms with Gasteiger partial charge in [0.25, 0.3) is 0 Å². The van der Waals surface area contributed by atoms with Gasteiger partial charge in [-0.1, -0.05) is 20.3 Å². The molecule has 0 fully saturated rings. The minimum absolute atomic E-state index is 0.116. The van der Waals surface area contributed by atoms with E-state index in [0.29, 0.717) is 12.8 Å². The summed E-state index contributed by atoms with van der Waals surface area (Å²) < 4.78 is 0. The van der Waals surface area contributed by atoms with Crippen molar-refractivity contribution in [1.29, 1.82) is 0 Å². The number of nitrogens with zero attached hydrogens (tertiary/aromatic N) is 1. The predicted molar refractivity (Wildman–Crippen MR) is 125 cm³/mol. The zero-order chi connectivity index (χ0) is 27.1. The summed E-state index contributed by atoms with van der Waals surface area (Å²) in [5.41, 5.74) is 16.2. The average molecular weight is 504 g/mol. The van der Waals surface area contributed by atoms with Crippen LogP contribution in [0.1, 0.15) is 46.0 Å². The van der Waals surface area contributed by atoms with Crippen LogP contribution in [0, 0.1) is 5.92 Å². The SMILES string of the molecule is CCC(C)C(NC(=O)C(CO)NC(=O)C(CCC(=O)O)NC(=O)C(N)CCCN=C(N)N)C(=O)O. The molecule has 200 valence electrons. The topological polar surface area (TPSA) is 273 Å². The maximum absolute atomic E-state index is 12.7. The summed E-state index contributed by atoms with van der Waals surface area (Å²) in [6, 6.07) is -5.22. The third kappa shape index (κ3) is 12.5. The van der Waals surface area contributed by atoms with Crippen molar-refractivity contribution in [2.24, 2.45) is 28.1 Å². The Morgan fingerprint density at radius 1 is 0.914 bits per heavy atom. The van der Waals surface area contributed by atoms with E-state index in [1.165, 1.54) is 0 Å². The third-order valence-electron chi connectivity index (χ3n) is 5.18. The van der Waals surface area contributed by atoms with Crippen LogP contribution in [0.15, 0.2) is 4.99 Å². The highest BCUT2D eigenvalue weighted by Crippen LogP contribution is 2.08. The van der Waals surface area contributed by atoms with Crippen molar-refractivity contribution in [1.82, 2.24) is 16.0 Å². The first-order valence-electron chi connectivity index (χ1n) is 11.1. The number of carbonyl (C=O) groups excluding carboxylic acids is 3. The number of carboxylic acid groups (broad SMARTS) is 2. The summed E-state index contributed by atoms with van der Waals surface area (Å²) in [5, 5.41) is 34.7. The van der Waals surface area contributed by atoms with Crippen LogP contribution in [0.4, 0.5) is 0 Å². The average Bonchev–Trinajstić information content (AvgIpc) is 2.79. The molecule has 5 unspecified atom stereocenters. The number of carbonyl (C=O) groups is 5. The van der Waals surface area contributed by atoms with Crippen LogP contribution < -0.4 is 33.2 Å². The molecule has 0 aliphatic carbocycles. The van der Waals surface area contributed by atoms with Gasteiger partial charge in [-0.25, -0.2) is 4.79 Å². The van der Waals surface area contributed by atoms with Crippen molar-refractivity contribution in [2.45, 2.75) is 70.1 Å². The zero-order valence-corrected chi connectivity index (χ0v) is 19.9. The van der Waals surface area contributed by atoms with Crippen LogP contribution in [0.5, 0.6) is 0 Å². The quantitative estimate of drug-likeness (QED) is 0.0541. The number of rotatable bonds is 17. The molecule has 0 saturated heterocycles. The molecule has 35 heavy (non-hydrogen) atoms. The van der Waals surface area contributed by atoms with Crippen LogP contribution in [0.3, 0.4) is 0 Å². The van der Waals surface area contributed by atoms with E-state index in [4.69, 9.17) is 22.3 Å². The first kappa shape index (κ1) is 31.5. The molecule has 0 spiro atoms. The summed E-state index contributed by atoms with van der Waals surface area (Å²) in [6.45, 7) is 2.71. The highest BCUT2D eigenvalue weighted by molar-refractivity contribution is 5.94. The number of aliphatic imine (C=N–C) groups is 1. The first-order chi connectivity index (χ1) is 16.3. The minimum atomic E-state index is -1.54. The van der Waals surface area contributed by atoms with E-state index in [0.717, 1.165) is 0 Å². The lowest BCUT2D eigenvalue weighted by molar-refractivity contribution is -0.144. The molecule has 0 aromatic heterocycles. The molecule has 15 nitrogen and oxygen atoms in total. The summed E-state index contributed by atoms with van der Waals surface area (Å²) in [7, 11) is 0. The number of hydrogen-bond acceptors (Lipinski definition) is 8. The normalized spacial score (nSPS) is 15.0. The Morgan fingerprint density at radius 3 is 1.97 bits per heavy atom. The fourth-order valence-electron chi connectivity index (χ4n) is 2.87. The van der Waals surface area contributed by atoms with E-state index in [1.54, 1.807) is 13.8 Å². The van der Waals surface area contributed by atoms with Gasteiger partial charge in [0, 0.05) is 13.0 Å². The lowest BCUT2D eigenvalue weighted by Gasteiger charge is -2.25. The number of carboxylic acids is 2. The van der Waals surface area contributed by atoms with Crippen LogP contribution in [-0.4, -0.2) is 88.3 Å². The van der Waals surface area contributed by atoms with Crippen molar-refractivity contribution in [3.8, 4) is 0 Å². The number of hydrogen-bond donors (Lipinski definition) is 9. The first-order valence-corrected chi connectivity index (χ1v) is 11.1. The molecule has 12 N–H and O–H groups in total. The summed E-state index contributed by atoms with van der Waals surface area (Å²) >= 11 is 0. The molecule has 0 saturated carbocycles. The number of nitrogens with one attached hydrogen (secondary N) is 3. The molecular formula is C20H37N7O8. The Bertz CT molecular complexity index is 773. The molecular weight excluding hydrogens is 466 g/mol. The van der Waals surface area contributed by atoms with Gasteiger partial charge in [-0.2, -0.15) is 0 Å². The van der Waals surface area contributed by atoms with Gasteiger partial charge in [0.05, 0.1) is 12.6 Å². The van der Waals surface area contributed by atoms with Crippen molar-refractivity contribution >= 4 is 35.6 Å². The van der Waals surface area contributed by atoms with E-state index in [1.807, 2.05) is 0 Å². The second-order valence-corrected chi connectivity index (χ2v) is 8.00. The summed E-state index contributed by atoms with van der Waals surface area (Å²) in [6.07, 6.45) is 0.181. The molecule has 0 aliphatic heterocycles. The van der Waals surface area contributed by atoms with Crippen molar-refractivity contribution in [3.63, 3.8) is 0 Å². The molecule has 0 heterocycles. The van der Waals surface area contributed by atoms with Crippen molar-refractivity contribution < 1.29 is 39.3 Å². The number of aliphatic carboxylic acids is 2. The molecule has 0 aliphatic rings. The van der Waals surface area contributed by atoms with Gasteiger partial charge in [0.2, 0.25) is 17.7 Å². The van der Waals surface area contributed by atoms with Gasteiger partial charge < -0.3 is 48.5 Å². The Morgan fingerprint density at radius 2 is 1.49 bits per heavy atom. The second-order valence-electron chi connectivity index (χ2n) is 8.00. The van der Waals surface area contributed by atoms with Gasteiger partial charge in [-0.3, -0.25) is 24.2 Å². The van der Waals surface area contributed by atoms with Crippen molar-refractivity contribution in [3.05, 3.63) is 0 Å². The molecule has 0 rings (SSSR count). The van der Waals surface area contributed by atoms with Gasteiger partial charge in [0.1, 0.15) is 18.1 Å². The number of guanidine groups is 1. The van der Waals surface area contributed by atoms with Gasteiger partial charge >= 0.3 is 11.9 Å². The van der Waals surface area contributed by atoms with Gasteiger partial charge in [0.15, 0.2) is 5.96 Å². The van der Waals surface area contributed by atoms with E-state index < -0.39 is 72.8 Å². The largest absolute Gasteiger partial charge is 0.481 e. The molecule has 3 amide bonds. The molecule has 15 heteroatoms. The smallest absolute Gasteiger partial charge is 0.326 e. The van der Waals surface area contributed by atoms with Crippen molar-refractivity contribution in [2.75, 3.05) is 13.2 Å². The fourth-order valence-corrected chi connectivity index (χ4v) is 2.87. The molecule has 0 aromatic rings. The van der Waals surface area contributed by atoms with Crippen LogP contribution >= 0.6 is 0 Å². The molecule has 0 aromatic carbocycles. The molecule has 0 bridgehead atoms. The zero-order valence-electron chi connectivity index (χ0n) is 19.9. The van der Waals surface area contributed by atoms with Crippen LogP contribution in [0.2, 0.25) is 0 Å². The molecule has 0 radical (unpaired) electrons. The summed E-state index contributed by atoms with van der Waals surface area (Å²) in [4.78, 5) is 63.8. The lowest BCUT2D eigenvalue weighted by Crippen LogP contribution is -2.58. The second kappa shape index (κ2) is 16.2. The van der Waals surface area contributed by atoms with E-state index in [2.05, 4.69) is 20.9 Å². The number of nitrogens with two attached hydrogens (primary N) is 3. The highest BCUT2D eigenvalue weighted by Gasteiger charge is 2.31. The number of aliphatic hydroxyl groups excluding tert-OH is 1. The summed E-state index contributed by atoms with van der Waals surface area (Å²) in [5.74, 6) is -5.69. The minimum Gasteiger partial charge on any atom is -0.481 e. The van der Waals surface area contributed by atoms with Gasteiger partial charge in [-0.15, -0.1) is 0 Å². The number of aliphatic hydroxyl groups is 1. The maximum atomic E-state index is 12.7. The Kier molecular flexibility index (Phi) is 14.6. The standard InChI is InChI=1S/C20H37N7O8/c1-3-10(2)15(19(34)35)27-18(33)13(9-28)26-17(32)12(6-7-14(29)30)25-16(31)11(21)5-4-8-24-20(22)23/h10-13,15,28H,3-9,21H2,1-2H3,(H,25,31)(H,26,32)(H,27,33)(H,29,30)(H,34,35)(H4,22,23,24). The Hall–Kier alpha value is -3.46. The Balaban J connectivity index is 5.27. The van der Waals surface area contributed by atoms with Gasteiger partial charge in [-0.05, 0) is 25.2 Å². The van der Waals surface area contributed by atoms with E-state index in [-0.39, 0.29) is 25.3 Å². The Labute approximate surface area is 202 Å². The lowest BCUT2D eigenvalue weighted by atomic mass is 9.99. The monoisotopic (exact) mass is 503 g/mol. The predicted octanol–water partition coefficient (Wildman–Crippen LogP) is -3.19. The highest BCUT2D eigenvalue weighted by atomic mass is 16.4. The molecule has 5 atom stereocenters. The maximum Gasteiger partial charge on any atom is 0.326 e. The van der Waals surface area contributed by atoms with Crippen LogP contribution in [0.25, 0.3) is 0 Å². The number of amides is 3.